The average molecular weight is 240 g/mol. The highest BCUT2D eigenvalue weighted by Gasteiger charge is 2.01. The number of carboxylic acid groups (broad SMARTS) is 1. The number of pyridine rings is 1. The molecule has 0 aliphatic carbocycles. The Morgan fingerprint density at radius 3 is 2.88 bits per heavy atom. The Balaban J connectivity index is 2.29. The Morgan fingerprint density at radius 1 is 1.50 bits per heavy atom. The molecule has 0 spiro atoms. The van der Waals surface area contributed by atoms with Gasteiger partial charge in [0.25, 0.3) is 0 Å². The molecular formula is C11H16N2O2S. The Labute approximate surface area is 99.5 Å². The number of rotatable bonds is 7. The van der Waals surface area contributed by atoms with Crippen molar-refractivity contribution < 1.29 is 9.90 Å². The van der Waals surface area contributed by atoms with Crippen LogP contribution in [0.3, 0.4) is 0 Å². The molecule has 0 saturated heterocycles. The molecule has 0 unspecified atom stereocenters. The highest BCUT2D eigenvalue weighted by atomic mass is 32.2. The Morgan fingerprint density at radius 2 is 2.31 bits per heavy atom. The minimum atomic E-state index is -0.945. The molecule has 1 rings (SSSR count). The molecule has 0 radical (unpaired) electrons. The van der Waals surface area contributed by atoms with Crippen molar-refractivity contribution >= 4 is 23.5 Å². The summed E-state index contributed by atoms with van der Waals surface area (Å²) in [4.78, 5) is 14.6. The molecule has 5 heteroatoms. The summed E-state index contributed by atoms with van der Waals surface area (Å²) < 4.78 is 0. The zero-order chi connectivity index (χ0) is 11.8. The maximum Gasteiger partial charge on any atom is 0.337 e. The van der Waals surface area contributed by atoms with Gasteiger partial charge in [0.15, 0.2) is 0 Å². The zero-order valence-corrected chi connectivity index (χ0v) is 10.1. The number of aromatic carboxylic acids is 1. The van der Waals surface area contributed by atoms with E-state index in [-0.39, 0.29) is 5.56 Å². The Kier molecular flexibility index (Phi) is 5.71. The van der Waals surface area contributed by atoms with Crippen LogP contribution in [0.5, 0.6) is 0 Å². The fourth-order valence-electron chi connectivity index (χ4n) is 1.21. The average Bonchev–Trinajstić information content (AvgIpc) is 2.29. The molecule has 2 N–H and O–H groups in total. The van der Waals surface area contributed by atoms with E-state index in [2.05, 4.69) is 16.6 Å². The maximum atomic E-state index is 10.6. The molecule has 0 aromatic carbocycles. The second kappa shape index (κ2) is 7.11. The van der Waals surface area contributed by atoms with Crippen LogP contribution < -0.4 is 5.32 Å². The first-order valence-electron chi connectivity index (χ1n) is 5.16. The standard InChI is InChI=1S/C11H16N2O2S/c1-16-7-3-2-6-12-10-5-4-9(8-13-10)11(14)15/h4-5,8H,2-3,6-7H2,1H3,(H,12,13)(H,14,15). The van der Waals surface area contributed by atoms with Gasteiger partial charge in [0.05, 0.1) is 5.56 Å². The first-order chi connectivity index (χ1) is 7.74. The third-order valence-electron chi connectivity index (χ3n) is 2.09. The third kappa shape index (κ3) is 4.53. The van der Waals surface area contributed by atoms with E-state index in [0.29, 0.717) is 0 Å². The smallest absolute Gasteiger partial charge is 0.337 e. The van der Waals surface area contributed by atoms with E-state index in [1.165, 1.54) is 18.4 Å². The van der Waals surface area contributed by atoms with Crippen LogP contribution in [0.25, 0.3) is 0 Å². The highest BCUT2D eigenvalue weighted by molar-refractivity contribution is 7.98. The quantitative estimate of drug-likeness (QED) is 0.716. The number of aromatic nitrogens is 1. The predicted molar refractivity (Wildman–Crippen MR) is 67.3 cm³/mol. The lowest BCUT2D eigenvalue weighted by Gasteiger charge is -2.04. The normalized spacial score (nSPS) is 10.1. The van der Waals surface area contributed by atoms with Gasteiger partial charge in [0.2, 0.25) is 0 Å². The second-order valence-corrected chi connectivity index (χ2v) is 4.35. The summed E-state index contributed by atoms with van der Waals surface area (Å²) in [5.41, 5.74) is 0.216. The summed E-state index contributed by atoms with van der Waals surface area (Å²) in [6.45, 7) is 0.875. The molecule has 16 heavy (non-hydrogen) atoms. The molecule has 1 aromatic rings. The SMILES string of the molecule is CSCCCCNc1ccc(C(=O)O)cn1. The van der Waals surface area contributed by atoms with E-state index >= 15 is 0 Å². The Hall–Kier alpha value is -1.23. The van der Waals surface area contributed by atoms with Gasteiger partial charge < -0.3 is 10.4 Å². The minimum absolute atomic E-state index is 0.216. The van der Waals surface area contributed by atoms with Crippen LogP contribution in [0.1, 0.15) is 23.2 Å². The fraction of sp³-hybridized carbons (Fsp3) is 0.455. The Bertz CT molecular complexity index is 327. The number of carbonyl (C=O) groups is 1. The van der Waals surface area contributed by atoms with E-state index in [1.807, 2.05) is 11.8 Å². The molecule has 0 amide bonds. The molecular weight excluding hydrogens is 224 g/mol. The number of unbranched alkanes of at least 4 members (excludes halogenated alkanes) is 1. The highest BCUT2D eigenvalue weighted by Crippen LogP contribution is 2.06. The van der Waals surface area contributed by atoms with Crippen molar-refractivity contribution in [3.63, 3.8) is 0 Å². The first-order valence-corrected chi connectivity index (χ1v) is 6.55. The van der Waals surface area contributed by atoms with Gasteiger partial charge in [-0.15, -0.1) is 0 Å². The van der Waals surface area contributed by atoms with E-state index in [1.54, 1.807) is 12.1 Å². The zero-order valence-electron chi connectivity index (χ0n) is 9.27. The number of thioether (sulfide) groups is 1. The number of nitrogens with one attached hydrogen (secondary N) is 1. The summed E-state index contributed by atoms with van der Waals surface area (Å²) in [5.74, 6) is 0.959. The summed E-state index contributed by atoms with van der Waals surface area (Å²) in [5, 5.41) is 11.8. The van der Waals surface area contributed by atoms with Crippen LogP contribution in [-0.2, 0) is 0 Å². The topological polar surface area (TPSA) is 62.2 Å². The fourth-order valence-corrected chi connectivity index (χ4v) is 1.71. The molecule has 0 fully saturated rings. The van der Waals surface area contributed by atoms with Gasteiger partial charge in [-0.3, -0.25) is 0 Å². The van der Waals surface area contributed by atoms with Crippen molar-refractivity contribution in [3.05, 3.63) is 23.9 Å². The van der Waals surface area contributed by atoms with Crippen LogP contribution in [0.15, 0.2) is 18.3 Å². The van der Waals surface area contributed by atoms with Gasteiger partial charge in [-0.05, 0) is 37.0 Å². The molecule has 88 valence electrons. The van der Waals surface area contributed by atoms with Crippen molar-refractivity contribution in [2.24, 2.45) is 0 Å². The molecule has 0 saturated carbocycles. The largest absolute Gasteiger partial charge is 0.478 e. The molecule has 0 atom stereocenters. The van der Waals surface area contributed by atoms with E-state index in [4.69, 9.17) is 5.11 Å². The van der Waals surface area contributed by atoms with Gasteiger partial charge in [0.1, 0.15) is 5.82 Å². The molecule has 1 heterocycles. The summed E-state index contributed by atoms with van der Waals surface area (Å²) in [7, 11) is 0. The lowest BCUT2D eigenvalue weighted by atomic mass is 10.3. The number of hydrogen-bond donors (Lipinski definition) is 2. The van der Waals surface area contributed by atoms with Crippen molar-refractivity contribution in [2.45, 2.75) is 12.8 Å². The second-order valence-electron chi connectivity index (χ2n) is 3.36. The molecule has 1 aromatic heterocycles. The van der Waals surface area contributed by atoms with Crippen molar-refractivity contribution in [1.29, 1.82) is 0 Å². The lowest BCUT2D eigenvalue weighted by molar-refractivity contribution is 0.0696. The van der Waals surface area contributed by atoms with Crippen molar-refractivity contribution in [2.75, 3.05) is 23.9 Å². The van der Waals surface area contributed by atoms with Crippen molar-refractivity contribution in [1.82, 2.24) is 4.98 Å². The monoisotopic (exact) mass is 240 g/mol. The molecule has 0 aliphatic heterocycles. The van der Waals surface area contributed by atoms with E-state index in [0.717, 1.165) is 18.8 Å². The van der Waals surface area contributed by atoms with Crippen LogP contribution >= 0.6 is 11.8 Å². The van der Waals surface area contributed by atoms with Gasteiger partial charge in [-0.1, -0.05) is 0 Å². The van der Waals surface area contributed by atoms with Gasteiger partial charge in [-0.2, -0.15) is 11.8 Å². The van der Waals surface area contributed by atoms with Crippen LogP contribution in [0, 0.1) is 0 Å². The lowest BCUT2D eigenvalue weighted by Crippen LogP contribution is -2.04. The van der Waals surface area contributed by atoms with E-state index < -0.39 is 5.97 Å². The molecule has 4 nitrogen and oxygen atoms in total. The first kappa shape index (κ1) is 12.8. The molecule has 0 bridgehead atoms. The number of anilines is 1. The van der Waals surface area contributed by atoms with Crippen LogP contribution in [-0.4, -0.2) is 34.6 Å². The summed E-state index contributed by atoms with van der Waals surface area (Å²) >= 11 is 1.84. The summed E-state index contributed by atoms with van der Waals surface area (Å²) in [6, 6.07) is 3.25. The number of nitrogens with zero attached hydrogens (tertiary/aromatic N) is 1. The predicted octanol–water partition coefficient (Wildman–Crippen LogP) is 2.33. The van der Waals surface area contributed by atoms with E-state index in [9.17, 15) is 4.79 Å². The maximum absolute atomic E-state index is 10.6. The van der Waals surface area contributed by atoms with Gasteiger partial charge in [0, 0.05) is 12.7 Å². The summed E-state index contributed by atoms with van der Waals surface area (Å²) in [6.07, 6.45) is 5.75. The van der Waals surface area contributed by atoms with Gasteiger partial charge >= 0.3 is 5.97 Å². The van der Waals surface area contributed by atoms with Crippen LogP contribution in [0.2, 0.25) is 0 Å². The van der Waals surface area contributed by atoms with Crippen LogP contribution in [0.4, 0.5) is 5.82 Å². The number of carboxylic acids is 1. The molecule has 0 aliphatic rings. The number of hydrogen-bond acceptors (Lipinski definition) is 4. The minimum Gasteiger partial charge on any atom is -0.478 e. The van der Waals surface area contributed by atoms with Crippen molar-refractivity contribution in [3.8, 4) is 0 Å². The van der Waals surface area contributed by atoms with Gasteiger partial charge in [-0.25, -0.2) is 9.78 Å². The third-order valence-corrected chi connectivity index (χ3v) is 2.79.